The molecule has 0 radical (unpaired) electrons. The Morgan fingerprint density at radius 2 is 1.64 bits per heavy atom. The molecule has 142 valence electrons. The molecule has 0 amide bonds. The summed E-state index contributed by atoms with van der Waals surface area (Å²) in [4.78, 5) is 0. The van der Waals surface area contributed by atoms with E-state index >= 15 is 0 Å². The molecule has 1 fully saturated rings. The third-order valence-electron chi connectivity index (χ3n) is 5.13. The van der Waals surface area contributed by atoms with Gasteiger partial charge in [0.2, 0.25) is 6.29 Å². The third kappa shape index (κ3) is 6.99. The van der Waals surface area contributed by atoms with E-state index in [0.29, 0.717) is 31.2 Å². The average Bonchev–Trinajstić information content (AvgIpc) is 2.64. The first kappa shape index (κ1) is 20.3. The van der Waals surface area contributed by atoms with Crippen molar-refractivity contribution in [3.05, 3.63) is 29.8 Å². The zero-order chi connectivity index (χ0) is 18.1. The van der Waals surface area contributed by atoms with Gasteiger partial charge in [-0.3, -0.25) is 0 Å². The first-order valence-corrected chi connectivity index (χ1v) is 10.1. The largest absolute Gasteiger partial charge is 0.465 e. The molecular formula is C22H36O3. The molecule has 2 unspecified atom stereocenters. The topological polar surface area (TPSA) is 27.7 Å². The zero-order valence-electron chi connectivity index (χ0n) is 16.5. The van der Waals surface area contributed by atoms with Crippen molar-refractivity contribution in [3.63, 3.8) is 0 Å². The molecule has 0 aliphatic heterocycles. The SMILES string of the molecule is CCC(C)c1ccc(OC(OCCOC2CCCCC2)C(C)C)cc1. The van der Waals surface area contributed by atoms with E-state index in [4.69, 9.17) is 14.2 Å². The van der Waals surface area contributed by atoms with Gasteiger partial charge in [0, 0.05) is 5.92 Å². The normalized spacial score (nSPS) is 18.3. The van der Waals surface area contributed by atoms with Gasteiger partial charge in [0.15, 0.2) is 0 Å². The highest BCUT2D eigenvalue weighted by Crippen LogP contribution is 2.23. The Kier molecular flexibility index (Phi) is 8.77. The number of ether oxygens (including phenoxy) is 3. The van der Waals surface area contributed by atoms with Crippen LogP contribution in [0.25, 0.3) is 0 Å². The van der Waals surface area contributed by atoms with Crippen LogP contribution in [-0.2, 0) is 9.47 Å². The lowest BCUT2D eigenvalue weighted by atomic mass is 9.98. The van der Waals surface area contributed by atoms with Gasteiger partial charge in [0.05, 0.1) is 19.3 Å². The minimum Gasteiger partial charge on any atom is -0.465 e. The van der Waals surface area contributed by atoms with Crippen LogP contribution in [0.5, 0.6) is 5.75 Å². The molecule has 0 N–H and O–H groups in total. The first-order valence-electron chi connectivity index (χ1n) is 10.1. The van der Waals surface area contributed by atoms with E-state index in [1.165, 1.54) is 37.7 Å². The molecular weight excluding hydrogens is 312 g/mol. The Bertz CT molecular complexity index is 463. The van der Waals surface area contributed by atoms with Crippen LogP contribution in [0.2, 0.25) is 0 Å². The standard InChI is InChI=1S/C22H36O3/c1-5-18(4)19-11-13-21(14-12-19)25-22(17(2)3)24-16-15-23-20-9-7-6-8-10-20/h11-14,17-18,20,22H,5-10,15-16H2,1-4H3. The van der Waals surface area contributed by atoms with Crippen LogP contribution in [0.3, 0.4) is 0 Å². The van der Waals surface area contributed by atoms with E-state index in [-0.39, 0.29) is 6.29 Å². The fraction of sp³-hybridized carbons (Fsp3) is 0.727. The molecule has 3 heteroatoms. The van der Waals surface area contributed by atoms with Crippen molar-refractivity contribution in [1.29, 1.82) is 0 Å². The maximum atomic E-state index is 6.06. The smallest absolute Gasteiger partial charge is 0.202 e. The number of rotatable bonds is 10. The lowest BCUT2D eigenvalue weighted by Gasteiger charge is -2.25. The maximum Gasteiger partial charge on any atom is 0.202 e. The van der Waals surface area contributed by atoms with Gasteiger partial charge in [-0.05, 0) is 42.9 Å². The van der Waals surface area contributed by atoms with Gasteiger partial charge in [0.1, 0.15) is 5.75 Å². The third-order valence-corrected chi connectivity index (χ3v) is 5.13. The van der Waals surface area contributed by atoms with Crippen molar-refractivity contribution in [2.45, 2.75) is 84.5 Å². The molecule has 0 aromatic heterocycles. The van der Waals surface area contributed by atoms with Gasteiger partial charge >= 0.3 is 0 Å². The van der Waals surface area contributed by atoms with E-state index in [0.717, 1.165) is 12.2 Å². The molecule has 1 aromatic rings. The zero-order valence-corrected chi connectivity index (χ0v) is 16.5. The molecule has 1 aliphatic carbocycles. The summed E-state index contributed by atoms with van der Waals surface area (Å²) in [5.41, 5.74) is 1.36. The summed E-state index contributed by atoms with van der Waals surface area (Å²) in [5.74, 6) is 1.76. The second kappa shape index (κ2) is 10.8. The Hall–Kier alpha value is -1.06. The molecule has 0 bridgehead atoms. The van der Waals surface area contributed by atoms with Gasteiger partial charge in [0.25, 0.3) is 0 Å². The maximum absolute atomic E-state index is 6.06. The Labute approximate surface area is 154 Å². The minimum atomic E-state index is -0.232. The summed E-state index contributed by atoms with van der Waals surface area (Å²) >= 11 is 0. The van der Waals surface area contributed by atoms with Crippen molar-refractivity contribution in [2.75, 3.05) is 13.2 Å². The Balaban J connectivity index is 1.75. The lowest BCUT2D eigenvalue weighted by molar-refractivity contribution is -0.126. The molecule has 1 saturated carbocycles. The van der Waals surface area contributed by atoms with E-state index in [9.17, 15) is 0 Å². The monoisotopic (exact) mass is 348 g/mol. The van der Waals surface area contributed by atoms with Gasteiger partial charge < -0.3 is 14.2 Å². The fourth-order valence-electron chi connectivity index (χ4n) is 3.22. The molecule has 2 rings (SSSR count). The van der Waals surface area contributed by atoms with E-state index < -0.39 is 0 Å². The van der Waals surface area contributed by atoms with Crippen LogP contribution in [-0.4, -0.2) is 25.6 Å². The van der Waals surface area contributed by atoms with Crippen LogP contribution in [0, 0.1) is 5.92 Å². The lowest BCUT2D eigenvalue weighted by Crippen LogP contribution is -2.29. The molecule has 1 aromatic carbocycles. The summed E-state index contributed by atoms with van der Waals surface area (Å²) < 4.78 is 17.9. The van der Waals surface area contributed by atoms with Crippen molar-refractivity contribution >= 4 is 0 Å². The van der Waals surface area contributed by atoms with E-state index in [1.807, 2.05) is 0 Å². The van der Waals surface area contributed by atoms with Crippen LogP contribution >= 0.6 is 0 Å². The van der Waals surface area contributed by atoms with Crippen molar-refractivity contribution in [3.8, 4) is 5.75 Å². The Morgan fingerprint density at radius 3 is 2.24 bits per heavy atom. The molecule has 0 heterocycles. The number of hydrogen-bond acceptors (Lipinski definition) is 3. The van der Waals surface area contributed by atoms with Crippen LogP contribution in [0.15, 0.2) is 24.3 Å². The summed E-state index contributed by atoms with van der Waals surface area (Å²) in [6.07, 6.45) is 7.72. The van der Waals surface area contributed by atoms with Gasteiger partial charge in [-0.15, -0.1) is 0 Å². The molecule has 0 saturated heterocycles. The number of benzene rings is 1. The van der Waals surface area contributed by atoms with Crippen molar-refractivity contribution in [1.82, 2.24) is 0 Å². The van der Waals surface area contributed by atoms with E-state index in [2.05, 4.69) is 52.0 Å². The average molecular weight is 349 g/mol. The summed E-state index contributed by atoms with van der Waals surface area (Å²) in [5, 5.41) is 0. The first-order chi connectivity index (χ1) is 12.1. The summed E-state index contributed by atoms with van der Waals surface area (Å²) in [6, 6.07) is 8.43. The molecule has 3 nitrogen and oxygen atoms in total. The minimum absolute atomic E-state index is 0.232. The second-order valence-electron chi connectivity index (χ2n) is 7.61. The highest BCUT2D eigenvalue weighted by atomic mass is 16.7. The van der Waals surface area contributed by atoms with Gasteiger partial charge in [-0.1, -0.05) is 59.1 Å². The predicted octanol–water partition coefficient (Wildman–Crippen LogP) is 5.93. The van der Waals surface area contributed by atoms with Crippen LogP contribution in [0.4, 0.5) is 0 Å². The second-order valence-corrected chi connectivity index (χ2v) is 7.61. The summed E-state index contributed by atoms with van der Waals surface area (Å²) in [6.45, 7) is 9.96. The van der Waals surface area contributed by atoms with E-state index in [1.54, 1.807) is 0 Å². The van der Waals surface area contributed by atoms with Gasteiger partial charge in [-0.25, -0.2) is 0 Å². The Morgan fingerprint density at radius 1 is 0.960 bits per heavy atom. The number of hydrogen-bond donors (Lipinski definition) is 0. The predicted molar refractivity (Wildman–Crippen MR) is 103 cm³/mol. The molecule has 0 spiro atoms. The molecule has 1 aliphatic rings. The van der Waals surface area contributed by atoms with Crippen LogP contribution < -0.4 is 4.74 Å². The fourth-order valence-corrected chi connectivity index (χ4v) is 3.22. The van der Waals surface area contributed by atoms with Crippen molar-refractivity contribution < 1.29 is 14.2 Å². The quantitative estimate of drug-likeness (QED) is 0.387. The molecule has 2 atom stereocenters. The van der Waals surface area contributed by atoms with Crippen LogP contribution in [0.1, 0.15) is 77.7 Å². The molecule has 25 heavy (non-hydrogen) atoms. The highest BCUT2D eigenvalue weighted by molar-refractivity contribution is 5.29. The van der Waals surface area contributed by atoms with Gasteiger partial charge in [-0.2, -0.15) is 0 Å². The summed E-state index contributed by atoms with van der Waals surface area (Å²) in [7, 11) is 0. The highest BCUT2D eigenvalue weighted by Gasteiger charge is 2.17. The van der Waals surface area contributed by atoms with Crippen molar-refractivity contribution in [2.24, 2.45) is 5.92 Å².